The van der Waals surface area contributed by atoms with E-state index in [4.69, 9.17) is 5.73 Å². The number of rotatable bonds is 1. The van der Waals surface area contributed by atoms with E-state index in [0.717, 1.165) is 11.1 Å². The molecule has 0 heterocycles. The summed E-state index contributed by atoms with van der Waals surface area (Å²) in [6.07, 6.45) is 0. The maximum absolute atomic E-state index is 9.26. The molecule has 0 aliphatic rings. The number of hydrogen-bond acceptors (Lipinski definition) is 2. The van der Waals surface area contributed by atoms with E-state index in [1.54, 1.807) is 12.1 Å². The van der Waals surface area contributed by atoms with Crippen LogP contribution in [0.3, 0.4) is 0 Å². The zero-order valence-electron chi connectivity index (χ0n) is 7.57. The summed E-state index contributed by atoms with van der Waals surface area (Å²) in [7, 11) is 0. The molecule has 0 saturated carbocycles. The van der Waals surface area contributed by atoms with Crippen LogP contribution in [0, 0.1) is 6.07 Å². The molecule has 0 spiro atoms. The maximum Gasteiger partial charge on any atom is 0.138 e. The molecule has 2 nitrogen and oxygen atoms in total. The van der Waals surface area contributed by atoms with Gasteiger partial charge in [0, 0.05) is 0 Å². The van der Waals surface area contributed by atoms with Gasteiger partial charge in [-0.05, 0) is 35.4 Å². The largest absolute Gasteiger partial charge is 0.506 e. The number of hydrogen-bond donors (Lipinski definition) is 2. The van der Waals surface area contributed by atoms with Gasteiger partial charge in [-0.2, -0.15) is 0 Å². The van der Waals surface area contributed by atoms with Crippen molar-refractivity contribution in [3.8, 4) is 16.9 Å². The van der Waals surface area contributed by atoms with E-state index in [2.05, 4.69) is 6.07 Å². The van der Waals surface area contributed by atoms with Crippen molar-refractivity contribution < 1.29 is 5.11 Å². The van der Waals surface area contributed by atoms with Crippen LogP contribution in [0.25, 0.3) is 11.1 Å². The zero-order valence-corrected chi connectivity index (χ0v) is 7.57. The van der Waals surface area contributed by atoms with Crippen LogP contribution in [-0.2, 0) is 0 Å². The quantitative estimate of drug-likeness (QED) is 0.528. The maximum atomic E-state index is 9.26. The number of nitrogen functional groups attached to an aromatic ring is 1. The minimum atomic E-state index is 0.119. The highest BCUT2D eigenvalue weighted by molar-refractivity contribution is 5.70. The van der Waals surface area contributed by atoms with E-state index in [1.165, 1.54) is 0 Å². The average molecular weight is 184 g/mol. The fourth-order valence-electron chi connectivity index (χ4n) is 1.31. The van der Waals surface area contributed by atoms with Gasteiger partial charge in [0.25, 0.3) is 0 Å². The fraction of sp³-hybridized carbons (Fsp3) is 0. The molecule has 3 N–H and O–H groups in total. The van der Waals surface area contributed by atoms with Crippen molar-refractivity contribution in [2.75, 3.05) is 5.73 Å². The average Bonchev–Trinajstić information content (AvgIpc) is 2.23. The van der Waals surface area contributed by atoms with Gasteiger partial charge in [0.05, 0.1) is 5.69 Å². The molecule has 2 heteroatoms. The number of phenolic OH excluding ortho intramolecular Hbond substituents is 1. The molecule has 14 heavy (non-hydrogen) atoms. The van der Waals surface area contributed by atoms with Gasteiger partial charge in [0.2, 0.25) is 0 Å². The lowest BCUT2D eigenvalue weighted by Gasteiger charge is -2.03. The Balaban J connectivity index is 2.48. The van der Waals surface area contributed by atoms with Gasteiger partial charge >= 0.3 is 0 Å². The Morgan fingerprint density at radius 1 is 1.14 bits per heavy atom. The van der Waals surface area contributed by atoms with Crippen molar-refractivity contribution in [2.24, 2.45) is 0 Å². The lowest BCUT2D eigenvalue weighted by atomic mass is 10.1. The molecule has 0 saturated heterocycles. The van der Waals surface area contributed by atoms with Crippen molar-refractivity contribution in [3.63, 3.8) is 0 Å². The topological polar surface area (TPSA) is 46.2 Å². The third kappa shape index (κ3) is 1.55. The van der Waals surface area contributed by atoms with E-state index < -0.39 is 0 Å². The molecule has 1 radical (unpaired) electrons. The van der Waals surface area contributed by atoms with Crippen molar-refractivity contribution in [1.29, 1.82) is 0 Å². The second-order valence-corrected chi connectivity index (χ2v) is 3.07. The molecule has 0 amide bonds. The van der Waals surface area contributed by atoms with Crippen molar-refractivity contribution in [1.82, 2.24) is 0 Å². The van der Waals surface area contributed by atoms with Crippen molar-refractivity contribution >= 4 is 5.69 Å². The van der Waals surface area contributed by atoms with Crippen LogP contribution in [0.4, 0.5) is 5.69 Å². The third-order valence-electron chi connectivity index (χ3n) is 2.07. The van der Waals surface area contributed by atoms with Gasteiger partial charge in [0.15, 0.2) is 0 Å². The summed E-state index contributed by atoms with van der Waals surface area (Å²) in [6, 6.07) is 15.8. The van der Waals surface area contributed by atoms with Crippen LogP contribution in [0.15, 0.2) is 42.5 Å². The Morgan fingerprint density at radius 2 is 2.00 bits per heavy atom. The smallest absolute Gasteiger partial charge is 0.138 e. The van der Waals surface area contributed by atoms with Gasteiger partial charge in [-0.1, -0.05) is 24.3 Å². The molecule has 0 bridgehead atoms. The molecular formula is C12H10NO. The Labute approximate surface area is 82.6 Å². The number of aromatic hydroxyl groups is 1. The summed E-state index contributed by atoms with van der Waals surface area (Å²) in [4.78, 5) is 0. The molecule has 0 atom stereocenters. The summed E-state index contributed by atoms with van der Waals surface area (Å²) >= 11 is 0. The molecule has 2 aromatic carbocycles. The molecule has 0 aliphatic heterocycles. The van der Waals surface area contributed by atoms with Crippen LogP contribution in [0.1, 0.15) is 0 Å². The van der Waals surface area contributed by atoms with Gasteiger partial charge in [-0.15, -0.1) is 0 Å². The van der Waals surface area contributed by atoms with E-state index >= 15 is 0 Å². The van der Waals surface area contributed by atoms with Gasteiger partial charge in [0.1, 0.15) is 5.75 Å². The van der Waals surface area contributed by atoms with Gasteiger partial charge < -0.3 is 10.8 Å². The SMILES string of the molecule is Nc1cc(-c2c[c]ccc2)ccc1O. The zero-order chi connectivity index (χ0) is 9.97. The number of benzene rings is 2. The van der Waals surface area contributed by atoms with E-state index in [1.807, 2.05) is 30.3 Å². The normalized spacial score (nSPS) is 10.0. The molecule has 2 rings (SSSR count). The lowest BCUT2D eigenvalue weighted by Crippen LogP contribution is -1.86. The summed E-state index contributed by atoms with van der Waals surface area (Å²) in [5, 5.41) is 9.26. The molecule has 0 aromatic heterocycles. The number of phenols is 1. The molecular weight excluding hydrogens is 174 g/mol. The summed E-state index contributed by atoms with van der Waals surface area (Å²) in [6.45, 7) is 0. The highest BCUT2D eigenvalue weighted by Gasteiger charge is 2.00. The first-order valence-corrected chi connectivity index (χ1v) is 4.32. The Bertz CT molecular complexity index is 437. The third-order valence-corrected chi connectivity index (χ3v) is 2.07. The highest BCUT2D eigenvalue weighted by Crippen LogP contribution is 2.26. The molecule has 0 aliphatic carbocycles. The van der Waals surface area contributed by atoms with E-state index in [0.29, 0.717) is 5.69 Å². The predicted molar refractivity (Wildman–Crippen MR) is 56.8 cm³/mol. The Hall–Kier alpha value is -1.96. The van der Waals surface area contributed by atoms with Crippen LogP contribution >= 0.6 is 0 Å². The first kappa shape index (κ1) is 8.63. The van der Waals surface area contributed by atoms with Gasteiger partial charge in [-0.3, -0.25) is 0 Å². The standard InChI is InChI=1S/C12H10NO/c13-11-8-10(6-7-12(11)14)9-4-2-1-3-5-9/h1-2,4-8,14H,13H2. The molecule has 0 unspecified atom stereocenters. The van der Waals surface area contributed by atoms with Crippen LogP contribution in [0.2, 0.25) is 0 Å². The second-order valence-electron chi connectivity index (χ2n) is 3.07. The number of anilines is 1. The number of nitrogens with two attached hydrogens (primary N) is 1. The lowest BCUT2D eigenvalue weighted by molar-refractivity contribution is 0.478. The summed E-state index contributed by atoms with van der Waals surface area (Å²) < 4.78 is 0. The first-order valence-electron chi connectivity index (χ1n) is 4.32. The monoisotopic (exact) mass is 184 g/mol. The Kier molecular flexibility index (Phi) is 2.11. The first-order chi connectivity index (χ1) is 6.77. The van der Waals surface area contributed by atoms with E-state index in [9.17, 15) is 5.11 Å². The second kappa shape index (κ2) is 3.42. The predicted octanol–water partition coefficient (Wildman–Crippen LogP) is 2.44. The molecule has 0 fully saturated rings. The minimum Gasteiger partial charge on any atom is -0.506 e. The summed E-state index contributed by atoms with van der Waals surface area (Å²) in [5.41, 5.74) is 8.02. The fourth-order valence-corrected chi connectivity index (χ4v) is 1.31. The summed E-state index contributed by atoms with van der Waals surface area (Å²) in [5.74, 6) is 0.119. The van der Waals surface area contributed by atoms with Gasteiger partial charge in [-0.25, -0.2) is 0 Å². The molecule has 2 aromatic rings. The van der Waals surface area contributed by atoms with Crippen LogP contribution in [-0.4, -0.2) is 5.11 Å². The van der Waals surface area contributed by atoms with Crippen molar-refractivity contribution in [3.05, 3.63) is 48.5 Å². The Morgan fingerprint density at radius 3 is 2.64 bits per heavy atom. The highest BCUT2D eigenvalue weighted by atomic mass is 16.3. The van der Waals surface area contributed by atoms with Crippen LogP contribution < -0.4 is 5.73 Å². The minimum absolute atomic E-state index is 0.119. The van der Waals surface area contributed by atoms with E-state index in [-0.39, 0.29) is 5.75 Å². The molecule has 69 valence electrons. The van der Waals surface area contributed by atoms with Crippen LogP contribution in [0.5, 0.6) is 5.75 Å². The van der Waals surface area contributed by atoms with Crippen molar-refractivity contribution in [2.45, 2.75) is 0 Å².